The van der Waals surface area contributed by atoms with Crippen LogP contribution >= 0.6 is 0 Å². The van der Waals surface area contributed by atoms with Crippen LogP contribution in [0.3, 0.4) is 0 Å². The highest BCUT2D eigenvalue weighted by Gasteiger charge is 2.34. The van der Waals surface area contributed by atoms with E-state index in [1.807, 2.05) is 32.0 Å². The smallest absolute Gasteiger partial charge is 0.362 e. The molecule has 1 aliphatic rings. The molecule has 1 amide bonds. The Morgan fingerprint density at radius 3 is 2.10 bits per heavy atom. The first-order chi connectivity index (χ1) is 13.6. The van der Waals surface area contributed by atoms with Crippen molar-refractivity contribution in [2.75, 3.05) is 31.1 Å². The molecule has 0 aliphatic carbocycles. The normalized spacial score (nSPS) is 14.8. The van der Waals surface area contributed by atoms with E-state index < -0.39 is 22.4 Å². The van der Waals surface area contributed by atoms with Crippen LogP contribution in [-0.2, 0) is 6.18 Å². The summed E-state index contributed by atoms with van der Waals surface area (Å²) in [5, 5.41) is 11.3. The van der Waals surface area contributed by atoms with Crippen LogP contribution < -0.4 is 4.90 Å². The number of hydrogen-bond donors (Lipinski definition) is 0. The molecule has 1 heterocycles. The van der Waals surface area contributed by atoms with Gasteiger partial charge in [-0.25, -0.2) is 0 Å². The van der Waals surface area contributed by atoms with Gasteiger partial charge in [-0.1, -0.05) is 17.2 Å². The van der Waals surface area contributed by atoms with E-state index in [-0.39, 0.29) is 11.6 Å². The van der Waals surface area contributed by atoms with Crippen molar-refractivity contribution in [3.05, 3.63) is 68.8 Å². The van der Waals surface area contributed by atoms with Crippen molar-refractivity contribution in [1.29, 1.82) is 0 Å². The predicted octanol–water partition coefficient (Wildman–Crippen LogP) is 4.19. The molecule has 1 fully saturated rings. The van der Waals surface area contributed by atoms with E-state index in [4.69, 9.17) is 0 Å². The summed E-state index contributed by atoms with van der Waals surface area (Å²) in [6, 6.07) is 8.11. The first kappa shape index (κ1) is 20.6. The lowest BCUT2D eigenvalue weighted by Crippen LogP contribution is -2.49. The molecular weight excluding hydrogens is 387 g/mol. The van der Waals surface area contributed by atoms with Gasteiger partial charge in [0.25, 0.3) is 11.6 Å². The zero-order chi connectivity index (χ0) is 21.3. The van der Waals surface area contributed by atoms with Gasteiger partial charge in [0.05, 0.1) is 10.5 Å². The number of amides is 1. The van der Waals surface area contributed by atoms with Crippen LogP contribution in [0, 0.1) is 24.0 Å². The van der Waals surface area contributed by atoms with Crippen molar-refractivity contribution in [1.82, 2.24) is 4.90 Å². The monoisotopic (exact) mass is 407 g/mol. The molecule has 154 valence electrons. The molecule has 1 saturated heterocycles. The predicted molar refractivity (Wildman–Crippen MR) is 102 cm³/mol. The Morgan fingerprint density at radius 2 is 1.59 bits per heavy atom. The lowest BCUT2D eigenvalue weighted by molar-refractivity contribution is -0.384. The van der Waals surface area contributed by atoms with Crippen LogP contribution in [-0.4, -0.2) is 41.9 Å². The highest BCUT2D eigenvalue weighted by Crippen LogP contribution is 2.36. The minimum Gasteiger partial charge on any atom is -0.362 e. The Hall–Kier alpha value is -3.10. The number of nitro groups is 1. The number of halogens is 3. The first-order valence-corrected chi connectivity index (χ1v) is 9.04. The number of nitro benzene ring substituents is 1. The third-order valence-corrected chi connectivity index (χ3v) is 4.88. The van der Waals surface area contributed by atoms with E-state index in [9.17, 15) is 28.1 Å². The molecule has 2 aromatic carbocycles. The van der Waals surface area contributed by atoms with E-state index in [0.29, 0.717) is 37.8 Å². The van der Waals surface area contributed by atoms with Gasteiger partial charge in [-0.2, -0.15) is 13.2 Å². The van der Waals surface area contributed by atoms with Gasteiger partial charge in [0.1, 0.15) is 5.69 Å². The number of aryl methyl sites for hydroxylation is 2. The fraction of sp³-hybridized carbons (Fsp3) is 0.350. The van der Waals surface area contributed by atoms with Crippen molar-refractivity contribution in [3.63, 3.8) is 0 Å². The molecular formula is C20H20F3N3O3. The van der Waals surface area contributed by atoms with Crippen LogP contribution in [0.4, 0.5) is 24.5 Å². The number of alkyl halides is 3. The second-order valence-electron chi connectivity index (χ2n) is 7.11. The van der Waals surface area contributed by atoms with E-state index in [1.54, 1.807) is 9.80 Å². The summed E-state index contributed by atoms with van der Waals surface area (Å²) in [5.74, 6) is -0.127. The van der Waals surface area contributed by atoms with Crippen molar-refractivity contribution in [2.24, 2.45) is 0 Å². The SMILES string of the molecule is Cc1cc(C)cc(C(=O)N2CCN(c3ccc(C(F)(F)F)cc3[N+](=O)[O-])CC2)c1. The molecule has 9 heteroatoms. The molecule has 6 nitrogen and oxygen atoms in total. The lowest BCUT2D eigenvalue weighted by Gasteiger charge is -2.36. The Bertz CT molecular complexity index is 931. The molecule has 0 bridgehead atoms. The maximum Gasteiger partial charge on any atom is 0.416 e. The van der Waals surface area contributed by atoms with Crippen LogP contribution in [0.15, 0.2) is 36.4 Å². The maximum absolute atomic E-state index is 12.9. The quantitative estimate of drug-likeness (QED) is 0.565. The fourth-order valence-corrected chi connectivity index (χ4v) is 3.54. The zero-order valence-corrected chi connectivity index (χ0v) is 16.0. The number of rotatable bonds is 3. The molecule has 0 radical (unpaired) electrons. The van der Waals surface area contributed by atoms with Gasteiger partial charge in [0.15, 0.2) is 0 Å². The van der Waals surface area contributed by atoms with E-state index in [2.05, 4.69) is 0 Å². The molecule has 0 unspecified atom stereocenters. The summed E-state index contributed by atoms with van der Waals surface area (Å²) in [4.78, 5) is 26.6. The van der Waals surface area contributed by atoms with Gasteiger partial charge >= 0.3 is 6.18 Å². The number of carbonyl (C=O) groups excluding carboxylic acids is 1. The molecule has 0 spiro atoms. The second-order valence-corrected chi connectivity index (χ2v) is 7.11. The largest absolute Gasteiger partial charge is 0.416 e. The standard InChI is InChI=1S/C20H20F3N3O3/c1-13-9-14(2)11-15(10-13)19(27)25-7-5-24(6-8-25)17-4-3-16(20(21,22)23)12-18(17)26(28)29/h3-4,9-12H,5-8H2,1-2H3. The average Bonchev–Trinajstić information content (AvgIpc) is 2.65. The van der Waals surface area contributed by atoms with E-state index in [0.717, 1.165) is 23.3 Å². The third kappa shape index (κ3) is 4.49. The third-order valence-electron chi connectivity index (χ3n) is 4.88. The molecule has 29 heavy (non-hydrogen) atoms. The highest BCUT2D eigenvalue weighted by molar-refractivity contribution is 5.94. The highest BCUT2D eigenvalue weighted by atomic mass is 19.4. The minimum atomic E-state index is -4.65. The zero-order valence-electron chi connectivity index (χ0n) is 16.0. The van der Waals surface area contributed by atoms with Crippen LogP contribution in [0.5, 0.6) is 0 Å². The molecule has 0 atom stereocenters. The average molecular weight is 407 g/mol. The summed E-state index contributed by atoms with van der Waals surface area (Å²) >= 11 is 0. The molecule has 1 aliphatic heterocycles. The summed E-state index contributed by atoms with van der Waals surface area (Å²) < 4.78 is 38.6. The molecule has 0 N–H and O–H groups in total. The molecule has 2 aromatic rings. The Labute approximate surface area is 165 Å². The van der Waals surface area contributed by atoms with Crippen molar-refractivity contribution in [2.45, 2.75) is 20.0 Å². The van der Waals surface area contributed by atoms with Gasteiger partial charge < -0.3 is 9.80 Å². The number of hydrogen-bond acceptors (Lipinski definition) is 4. The van der Waals surface area contributed by atoms with Gasteiger partial charge in [-0.15, -0.1) is 0 Å². The number of piperazine rings is 1. The molecule has 0 saturated carbocycles. The Kier molecular flexibility index (Phi) is 5.50. The van der Waals surface area contributed by atoms with Crippen LogP contribution in [0.2, 0.25) is 0 Å². The fourth-order valence-electron chi connectivity index (χ4n) is 3.54. The topological polar surface area (TPSA) is 66.7 Å². The minimum absolute atomic E-state index is 0.126. The van der Waals surface area contributed by atoms with Crippen molar-refractivity contribution >= 4 is 17.3 Å². The van der Waals surface area contributed by atoms with E-state index in [1.165, 1.54) is 0 Å². The Morgan fingerprint density at radius 1 is 1.00 bits per heavy atom. The molecule has 3 rings (SSSR count). The van der Waals surface area contributed by atoms with Crippen LogP contribution in [0.25, 0.3) is 0 Å². The summed E-state index contributed by atoms with van der Waals surface area (Å²) in [6.45, 7) is 5.05. The summed E-state index contributed by atoms with van der Waals surface area (Å²) in [7, 11) is 0. The molecule has 0 aromatic heterocycles. The van der Waals surface area contributed by atoms with Crippen molar-refractivity contribution < 1.29 is 22.9 Å². The van der Waals surface area contributed by atoms with Gasteiger partial charge in [-0.05, 0) is 38.1 Å². The first-order valence-electron chi connectivity index (χ1n) is 9.04. The van der Waals surface area contributed by atoms with Gasteiger partial charge in [-0.3, -0.25) is 14.9 Å². The lowest BCUT2D eigenvalue weighted by atomic mass is 10.1. The summed E-state index contributed by atoms with van der Waals surface area (Å²) in [5.41, 5.74) is 1.02. The maximum atomic E-state index is 12.9. The van der Waals surface area contributed by atoms with E-state index >= 15 is 0 Å². The number of carbonyl (C=O) groups is 1. The number of anilines is 1. The van der Waals surface area contributed by atoms with Crippen LogP contribution in [0.1, 0.15) is 27.0 Å². The number of benzene rings is 2. The summed E-state index contributed by atoms with van der Waals surface area (Å²) in [6.07, 6.45) is -4.65. The number of nitrogens with zero attached hydrogens (tertiary/aromatic N) is 3. The Balaban J connectivity index is 1.77. The van der Waals surface area contributed by atoms with Crippen molar-refractivity contribution in [3.8, 4) is 0 Å². The van der Waals surface area contributed by atoms with Gasteiger partial charge in [0.2, 0.25) is 0 Å². The second kappa shape index (κ2) is 7.73. The van der Waals surface area contributed by atoms with Gasteiger partial charge in [0, 0.05) is 37.8 Å².